The molecule has 0 aliphatic heterocycles. The van der Waals surface area contributed by atoms with Gasteiger partial charge in [-0.25, -0.2) is 0 Å². The molecule has 5 nitrogen and oxygen atoms in total. The van der Waals surface area contributed by atoms with Crippen LogP contribution < -0.4 is 5.73 Å². The maximum atomic E-state index is 12.6. The Morgan fingerprint density at radius 1 is 1.14 bits per heavy atom. The molecule has 0 bridgehead atoms. The first-order chi connectivity index (χ1) is 13.7. The first kappa shape index (κ1) is 21.5. The third-order valence-corrected chi connectivity index (χ3v) is 6.95. The Balaban J connectivity index is 1.80. The Hall–Kier alpha value is -2.18. The second-order valence-electron chi connectivity index (χ2n) is 8.20. The Morgan fingerprint density at radius 3 is 2.48 bits per heavy atom. The summed E-state index contributed by atoms with van der Waals surface area (Å²) in [6, 6.07) is 14.9. The molecule has 1 aliphatic carbocycles. The number of nitrogens with zero attached hydrogens (tertiary/aromatic N) is 1. The third kappa shape index (κ3) is 4.87. The monoisotopic (exact) mass is 414 g/mol. The Kier molecular flexibility index (Phi) is 6.44. The minimum Gasteiger partial charge on any atom is -0.328 e. The number of fused-ring (bicyclic) bond motifs is 1. The minimum absolute atomic E-state index is 0.0703. The van der Waals surface area contributed by atoms with Crippen molar-refractivity contribution in [3.63, 3.8) is 0 Å². The van der Waals surface area contributed by atoms with Crippen molar-refractivity contribution in [3.05, 3.63) is 65.2 Å². The molecule has 2 aromatic carbocycles. The van der Waals surface area contributed by atoms with Crippen LogP contribution in [0.3, 0.4) is 0 Å². The second kappa shape index (κ2) is 8.67. The molecule has 6 heteroatoms. The Morgan fingerprint density at radius 2 is 1.83 bits per heavy atom. The molecule has 0 heterocycles. The van der Waals surface area contributed by atoms with Crippen LogP contribution >= 0.6 is 0 Å². The van der Waals surface area contributed by atoms with Crippen molar-refractivity contribution in [2.45, 2.75) is 69.2 Å². The van der Waals surface area contributed by atoms with E-state index in [9.17, 15) is 8.42 Å². The molecule has 0 aromatic heterocycles. The lowest BCUT2D eigenvalue weighted by atomic mass is 9.75. The molecule has 0 saturated carbocycles. The SMILES string of the molecule is CCC(C)(CC(C)N)c1ccc(S(=O)(=O)ON=C2CCCc3ccccc32)cc1. The summed E-state index contributed by atoms with van der Waals surface area (Å²) in [4.78, 5) is 0.106. The molecule has 2 N–H and O–H groups in total. The molecule has 29 heavy (non-hydrogen) atoms. The van der Waals surface area contributed by atoms with Gasteiger partial charge in [-0.2, -0.15) is 8.42 Å². The highest BCUT2D eigenvalue weighted by Gasteiger charge is 2.27. The summed E-state index contributed by atoms with van der Waals surface area (Å²) in [7, 11) is -3.97. The van der Waals surface area contributed by atoms with Gasteiger partial charge < -0.3 is 5.73 Å². The smallest absolute Gasteiger partial charge is 0.328 e. The summed E-state index contributed by atoms with van der Waals surface area (Å²) < 4.78 is 30.4. The number of aryl methyl sites for hydroxylation is 1. The van der Waals surface area contributed by atoms with E-state index in [1.54, 1.807) is 12.1 Å². The molecular weight excluding hydrogens is 384 g/mol. The number of benzene rings is 2. The van der Waals surface area contributed by atoms with E-state index in [-0.39, 0.29) is 16.4 Å². The van der Waals surface area contributed by atoms with E-state index in [2.05, 4.69) is 19.0 Å². The zero-order chi connectivity index (χ0) is 21.1. The van der Waals surface area contributed by atoms with E-state index in [1.165, 1.54) is 5.56 Å². The molecule has 0 amide bonds. The van der Waals surface area contributed by atoms with Crippen LogP contribution in [-0.4, -0.2) is 20.2 Å². The van der Waals surface area contributed by atoms with Crippen LogP contribution in [-0.2, 0) is 26.2 Å². The fraction of sp³-hybridized carbons (Fsp3) is 0.435. The standard InChI is InChI=1S/C23H30N2O3S/c1-4-23(3,16-17(2)24)19-12-14-20(15-13-19)29(26,27)28-25-22-11-7-9-18-8-5-6-10-21(18)22/h5-6,8,10,12-15,17H,4,7,9,11,16,24H2,1-3H3. The maximum absolute atomic E-state index is 12.6. The van der Waals surface area contributed by atoms with Crippen LogP contribution in [0.2, 0.25) is 0 Å². The van der Waals surface area contributed by atoms with Gasteiger partial charge in [-0.1, -0.05) is 55.4 Å². The van der Waals surface area contributed by atoms with Crippen molar-refractivity contribution >= 4 is 15.8 Å². The van der Waals surface area contributed by atoms with Gasteiger partial charge in [-0.05, 0) is 67.7 Å². The van der Waals surface area contributed by atoms with Crippen LogP contribution in [0.25, 0.3) is 0 Å². The van der Waals surface area contributed by atoms with E-state index in [0.717, 1.165) is 36.8 Å². The van der Waals surface area contributed by atoms with Crippen molar-refractivity contribution < 1.29 is 12.7 Å². The van der Waals surface area contributed by atoms with Gasteiger partial charge in [-0.3, -0.25) is 4.28 Å². The lowest BCUT2D eigenvalue weighted by molar-refractivity contribution is 0.337. The molecule has 156 valence electrons. The molecule has 2 aromatic rings. The third-order valence-electron chi connectivity index (χ3n) is 5.83. The van der Waals surface area contributed by atoms with Crippen molar-refractivity contribution in [2.24, 2.45) is 10.9 Å². The van der Waals surface area contributed by atoms with E-state index in [0.29, 0.717) is 12.1 Å². The number of oxime groups is 1. The van der Waals surface area contributed by atoms with E-state index in [1.807, 2.05) is 43.3 Å². The van der Waals surface area contributed by atoms with Gasteiger partial charge >= 0.3 is 10.1 Å². The number of nitrogens with two attached hydrogens (primary N) is 1. The number of hydrogen-bond acceptors (Lipinski definition) is 5. The number of rotatable bonds is 7. The van der Waals surface area contributed by atoms with Gasteiger partial charge in [0.05, 0.1) is 5.71 Å². The quantitative estimate of drug-likeness (QED) is 0.675. The first-order valence-electron chi connectivity index (χ1n) is 10.2. The zero-order valence-electron chi connectivity index (χ0n) is 17.4. The molecule has 2 unspecified atom stereocenters. The molecule has 2 atom stereocenters. The first-order valence-corrected chi connectivity index (χ1v) is 11.6. The highest BCUT2D eigenvalue weighted by Crippen LogP contribution is 2.33. The van der Waals surface area contributed by atoms with Gasteiger partial charge in [0.25, 0.3) is 0 Å². The van der Waals surface area contributed by atoms with E-state index < -0.39 is 10.1 Å². The Labute approximate surface area is 174 Å². The Bertz CT molecular complexity index is 981. The number of hydrogen-bond donors (Lipinski definition) is 1. The maximum Gasteiger partial charge on any atom is 0.358 e. The van der Waals surface area contributed by atoms with Crippen molar-refractivity contribution in [1.82, 2.24) is 0 Å². The van der Waals surface area contributed by atoms with Crippen LogP contribution in [0.15, 0.2) is 58.6 Å². The highest BCUT2D eigenvalue weighted by molar-refractivity contribution is 7.86. The van der Waals surface area contributed by atoms with Crippen molar-refractivity contribution in [2.75, 3.05) is 0 Å². The second-order valence-corrected chi connectivity index (χ2v) is 9.73. The summed E-state index contributed by atoms with van der Waals surface area (Å²) in [5.74, 6) is 0. The summed E-state index contributed by atoms with van der Waals surface area (Å²) in [6.07, 6.45) is 4.37. The summed E-state index contributed by atoms with van der Waals surface area (Å²) in [5.41, 5.74) is 9.81. The van der Waals surface area contributed by atoms with Crippen molar-refractivity contribution in [3.8, 4) is 0 Å². The van der Waals surface area contributed by atoms with Crippen LogP contribution in [0, 0.1) is 0 Å². The topological polar surface area (TPSA) is 81.8 Å². The summed E-state index contributed by atoms with van der Waals surface area (Å²) in [5, 5.41) is 4.01. The predicted octanol–water partition coefficient (Wildman–Crippen LogP) is 4.54. The predicted molar refractivity (Wildman–Crippen MR) is 117 cm³/mol. The van der Waals surface area contributed by atoms with E-state index in [4.69, 9.17) is 10.0 Å². The molecule has 0 radical (unpaired) electrons. The van der Waals surface area contributed by atoms with Crippen LogP contribution in [0.1, 0.15) is 63.1 Å². The average Bonchev–Trinajstić information content (AvgIpc) is 2.72. The van der Waals surface area contributed by atoms with Gasteiger partial charge in [0.1, 0.15) is 4.90 Å². The van der Waals surface area contributed by atoms with Crippen LogP contribution in [0.5, 0.6) is 0 Å². The fourth-order valence-corrected chi connectivity index (χ4v) is 4.78. The molecule has 0 fully saturated rings. The largest absolute Gasteiger partial charge is 0.358 e. The van der Waals surface area contributed by atoms with Crippen molar-refractivity contribution in [1.29, 1.82) is 0 Å². The lowest BCUT2D eigenvalue weighted by Crippen LogP contribution is -2.30. The van der Waals surface area contributed by atoms with Gasteiger partial charge in [0.15, 0.2) is 0 Å². The van der Waals surface area contributed by atoms with Gasteiger partial charge in [-0.15, -0.1) is 0 Å². The molecular formula is C23H30N2O3S. The van der Waals surface area contributed by atoms with Gasteiger partial charge in [0, 0.05) is 11.6 Å². The molecule has 0 spiro atoms. The average molecular weight is 415 g/mol. The molecule has 0 saturated heterocycles. The summed E-state index contributed by atoms with van der Waals surface area (Å²) >= 11 is 0. The summed E-state index contributed by atoms with van der Waals surface area (Å²) in [6.45, 7) is 6.26. The van der Waals surface area contributed by atoms with E-state index >= 15 is 0 Å². The van der Waals surface area contributed by atoms with Gasteiger partial charge in [0.2, 0.25) is 0 Å². The molecule has 1 aliphatic rings. The minimum atomic E-state index is -3.97. The molecule has 3 rings (SSSR count). The normalized spacial score (nSPS) is 18.7. The highest BCUT2D eigenvalue weighted by atomic mass is 32.2. The lowest BCUT2D eigenvalue weighted by Gasteiger charge is -2.30. The van der Waals surface area contributed by atoms with Crippen LogP contribution in [0.4, 0.5) is 0 Å². The zero-order valence-corrected chi connectivity index (χ0v) is 18.2. The fourth-order valence-electron chi connectivity index (χ4n) is 4.03.